The lowest BCUT2D eigenvalue weighted by atomic mass is 9.96. The molecule has 1 unspecified atom stereocenters. The van der Waals surface area contributed by atoms with E-state index in [1.165, 1.54) is 47.0 Å². The molecule has 1 atom stereocenters. The van der Waals surface area contributed by atoms with Crippen LogP contribution >= 0.6 is 15.9 Å². The van der Waals surface area contributed by atoms with Crippen molar-refractivity contribution in [3.63, 3.8) is 0 Å². The number of halogens is 1. The van der Waals surface area contributed by atoms with Crippen LogP contribution in [0.4, 0.5) is 0 Å². The van der Waals surface area contributed by atoms with E-state index in [1.807, 2.05) is 0 Å². The third-order valence-electron chi connectivity index (χ3n) is 3.38. The molecular formula is C13H18BrN. The summed E-state index contributed by atoms with van der Waals surface area (Å²) in [5.74, 6) is 0. The van der Waals surface area contributed by atoms with Crippen molar-refractivity contribution in [3.8, 4) is 0 Å². The molecule has 0 bridgehead atoms. The first-order valence-corrected chi connectivity index (χ1v) is 6.45. The SMILES string of the molecule is Cc1ccc(Br)c(C)c1CC1CCCN1. The van der Waals surface area contributed by atoms with E-state index >= 15 is 0 Å². The van der Waals surface area contributed by atoms with Gasteiger partial charge < -0.3 is 5.32 Å². The Bertz CT molecular complexity index is 354. The predicted molar refractivity (Wildman–Crippen MR) is 68.3 cm³/mol. The summed E-state index contributed by atoms with van der Waals surface area (Å²) in [7, 11) is 0. The van der Waals surface area contributed by atoms with Gasteiger partial charge in [-0.1, -0.05) is 22.0 Å². The predicted octanol–water partition coefficient (Wildman–Crippen LogP) is 3.36. The van der Waals surface area contributed by atoms with Crippen LogP contribution in [0.1, 0.15) is 29.5 Å². The second kappa shape index (κ2) is 4.67. The first kappa shape index (κ1) is 11.2. The van der Waals surface area contributed by atoms with E-state index < -0.39 is 0 Å². The van der Waals surface area contributed by atoms with Crippen molar-refractivity contribution in [1.29, 1.82) is 0 Å². The summed E-state index contributed by atoms with van der Waals surface area (Å²) >= 11 is 3.61. The molecule has 1 aliphatic heterocycles. The first-order chi connectivity index (χ1) is 7.18. The summed E-state index contributed by atoms with van der Waals surface area (Å²) in [6, 6.07) is 5.05. The third-order valence-corrected chi connectivity index (χ3v) is 4.24. The minimum Gasteiger partial charge on any atom is -0.314 e. The zero-order valence-corrected chi connectivity index (χ0v) is 11.0. The first-order valence-electron chi connectivity index (χ1n) is 5.66. The lowest BCUT2D eigenvalue weighted by Gasteiger charge is -2.16. The molecule has 0 amide bonds. The molecule has 1 heterocycles. The molecule has 0 saturated carbocycles. The van der Waals surface area contributed by atoms with Crippen molar-refractivity contribution in [1.82, 2.24) is 5.32 Å². The lowest BCUT2D eigenvalue weighted by Crippen LogP contribution is -2.24. The fraction of sp³-hybridized carbons (Fsp3) is 0.538. The summed E-state index contributed by atoms with van der Waals surface area (Å²) in [6.07, 6.45) is 3.83. The highest BCUT2D eigenvalue weighted by Crippen LogP contribution is 2.25. The molecule has 2 heteroatoms. The second-order valence-corrected chi connectivity index (χ2v) is 5.32. The van der Waals surface area contributed by atoms with Gasteiger partial charge in [-0.2, -0.15) is 0 Å². The summed E-state index contributed by atoms with van der Waals surface area (Å²) < 4.78 is 1.24. The van der Waals surface area contributed by atoms with E-state index in [2.05, 4.69) is 47.2 Å². The number of hydrogen-bond donors (Lipinski definition) is 1. The maximum Gasteiger partial charge on any atom is 0.0207 e. The van der Waals surface area contributed by atoms with Crippen LogP contribution in [0.15, 0.2) is 16.6 Å². The summed E-state index contributed by atoms with van der Waals surface area (Å²) in [6.45, 7) is 5.61. The van der Waals surface area contributed by atoms with E-state index in [4.69, 9.17) is 0 Å². The Labute approximate surface area is 100 Å². The van der Waals surface area contributed by atoms with Gasteiger partial charge in [0.2, 0.25) is 0 Å². The largest absolute Gasteiger partial charge is 0.314 e. The van der Waals surface area contributed by atoms with Crippen molar-refractivity contribution in [3.05, 3.63) is 33.3 Å². The number of hydrogen-bond acceptors (Lipinski definition) is 1. The van der Waals surface area contributed by atoms with Gasteiger partial charge in [0.05, 0.1) is 0 Å². The molecule has 1 aliphatic rings. The summed E-state index contributed by atoms with van der Waals surface area (Å²) in [5.41, 5.74) is 4.34. The molecule has 2 rings (SSSR count). The lowest BCUT2D eigenvalue weighted by molar-refractivity contribution is 0.600. The maximum absolute atomic E-state index is 3.61. The molecule has 0 radical (unpaired) electrons. The summed E-state index contributed by atoms with van der Waals surface area (Å²) in [5, 5.41) is 3.56. The highest BCUT2D eigenvalue weighted by atomic mass is 79.9. The zero-order valence-electron chi connectivity index (χ0n) is 9.44. The van der Waals surface area contributed by atoms with Gasteiger partial charge in [0, 0.05) is 10.5 Å². The Morgan fingerprint density at radius 3 is 2.87 bits per heavy atom. The van der Waals surface area contributed by atoms with Crippen molar-refractivity contribution in [2.75, 3.05) is 6.54 Å². The maximum atomic E-state index is 3.61. The molecule has 0 aliphatic carbocycles. The Morgan fingerprint density at radius 2 is 2.20 bits per heavy atom. The van der Waals surface area contributed by atoms with Crippen LogP contribution in [-0.2, 0) is 6.42 Å². The molecule has 0 spiro atoms. The molecule has 1 N–H and O–H groups in total. The minimum absolute atomic E-state index is 0.691. The van der Waals surface area contributed by atoms with E-state index in [0.29, 0.717) is 6.04 Å². The Kier molecular flexibility index (Phi) is 3.47. The average Bonchev–Trinajstić information content (AvgIpc) is 2.71. The standard InChI is InChI=1S/C13H18BrN/c1-9-5-6-13(14)10(2)12(9)8-11-4-3-7-15-11/h5-6,11,15H,3-4,7-8H2,1-2H3. The number of aryl methyl sites for hydroxylation is 1. The molecule has 15 heavy (non-hydrogen) atoms. The van der Waals surface area contributed by atoms with Gasteiger partial charge in [0.25, 0.3) is 0 Å². The van der Waals surface area contributed by atoms with E-state index in [1.54, 1.807) is 0 Å². The van der Waals surface area contributed by atoms with Gasteiger partial charge in [-0.15, -0.1) is 0 Å². The fourth-order valence-electron chi connectivity index (χ4n) is 2.36. The van der Waals surface area contributed by atoms with Gasteiger partial charge in [0.15, 0.2) is 0 Å². The molecular weight excluding hydrogens is 250 g/mol. The van der Waals surface area contributed by atoms with Gasteiger partial charge >= 0.3 is 0 Å². The fourth-order valence-corrected chi connectivity index (χ4v) is 2.73. The molecule has 1 aromatic rings. The van der Waals surface area contributed by atoms with Crippen molar-refractivity contribution in [2.45, 2.75) is 39.2 Å². The van der Waals surface area contributed by atoms with Crippen LogP contribution in [0.2, 0.25) is 0 Å². The van der Waals surface area contributed by atoms with Gasteiger partial charge in [-0.3, -0.25) is 0 Å². The smallest absolute Gasteiger partial charge is 0.0207 e. The van der Waals surface area contributed by atoms with E-state index in [9.17, 15) is 0 Å². The highest BCUT2D eigenvalue weighted by molar-refractivity contribution is 9.10. The van der Waals surface area contributed by atoms with Crippen molar-refractivity contribution < 1.29 is 0 Å². The Hall–Kier alpha value is -0.340. The molecule has 1 aromatic carbocycles. The Balaban J connectivity index is 2.22. The molecule has 1 fully saturated rings. The number of rotatable bonds is 2. The third kappa shape index (κ3) is 2.43. The van der Waals surface area contributed by atoms with Crippen LogP contribution in [0.25, 0.3) is 0 Å². The zero-order chi connectivity index (χ0) is 10.8. The van der Waals surface area contributed by atoms with Gasteiger partial charge in [-0.05, 0) is 62.4 Å². The van der Waals surface area contributed by atoms with Crippen LogP contribution in [0, 0.1) is 13.8 Å². The van der Waals surface area contributed by atoms with Crippen LogP contribution in [0.3, 0.4) is 0 Å². The molecule has 1 nitrogen and oxygen atoms in total. The Morgan fingerprint density at radius 1 is 1.40 bits per heavy atom. The topological polar surface area (TPSA) is 12.0 Å². The van der Waals surface area contributed by atoms with E-state index in [-0.39, 0.29) is 0 Å². The molecule has 1 saturated heterocycles. The highest BCUT2D eigenvalue weighted by Gasteiger charge is 2.17. The normalized spacial score (nSPS) is 20.9. The molecule has 82 valence electrons. The van der Waals surface area contributed by atoms with Crippen LogP contribution in [-0.4, -0.2) is 12.6 Å². The number of benzene rings is 1. The quantitative estimate of drug-likeness (QED) is 0.867. The number of nitrogens with one attached hydrogen (secondary N) is 1. The minimum atomic E-state index is 0.691. The summed E-state index contributed by atoms with van der Waals surface area (Å²) in [4.78, 5) is 0. The second-order valence-electron chi connectivity index (χ2n) is 4.47. The van der Waals surface area contributed by atoms with Gasteiger partial charge in [-0.25, -0.2) is 0 Å². The van der Waals surface area contributed by atoms with Crippen molar-refractivity contribution in [2.24, 2.45) is 0 Å². The monoisotopic (exact) mass is 267 g/mol. The average molecular weight is 268 g/mol. The van der Waals surface area contributed by atoms with Crippen LogP contribution < -0.4 is 5.32 Å². The van der Waals surface area contributed by atoms with Crippen LogP contribution in [0.5, 0.6) is 0 Å². The van der Waals surface area contributed by atoms with E-state index in [0.717, 1.165) is 0 Å². The van der Waals surface area contributed by atoms with Crippen molar-refractivity contribution >= 4 is 15.9 Å². The molecule has 0 aromatic heterocycles. The van der Waals surface area contributed by atoms with Gasteiger partial charge in [0.1, 0.15) is 0 Å².